The average Bonchev–Trinajstić information content (AvgIpc) is 2.28. The molecular formula is C13H18F2O2. The Morgan fingerprint density at radius 1 is 1.35 bits per heavy atom. The van der Waals surface area contributed by atoms with Crippen molar-refractivity contribution in [1.82, 2.24) is 0 Å². The van der Waals surface area contributed by atoms with Crippen LogP contribution in [0.2, 0.25) is 0 Å². The maximum absolute atomic E-state index is 13.8. The molecule has 1 rings (SSSR count). The molecule has 0 bridgehead atoms. The summed E-state index contributed by atoms with van der Waals surface area (Å²) < 4.78 is 32.6. The Labute approximate surface area is 100 Å². The molecule has 0 saturated heterocycles. The molecule has 0 spiro atoms. The van der Waals surface area contributed by atoms with Crippen molar-refractivity contribution in [2.45, 2.75) is 32.1 Å². The minimum atomic E-state index is -3.06. The fraction of sp³-hybridized carbons (Fsp3) is 0.538. The van der Waals surface area contributed by atoms with Crippen molar-refractivity contribution in [3.8, 4) is 5.75 Å². The zero-order chi connectivity index (χ0) is 13.1. The summed E-state index contributed by atoms with van der Waals surface area (Å²) in [4.78, 5) is 0. The van der Waals surface area contributed by atoms with Crippen LogP contribution in [0.25, 0.3) is 0 Å². The highest BCUT2D eigenvalue weighted by Crippen LogP contribution is 2.38. The molecule has 0 fully saturated rings. The van der Waals surface area contributed by atoms with Gasteiger partial charge in [0.1, 0.15) is 5.75 Å². The van der Waals surface area contributed by atoms with E-state index in [1.54, 1.807) is 12.1 Å². The Morgan fingerprint density at radius 3 is 2.47 bits per heavy atom. The highest BCUT2D eigenvalue weighted by Gasteiger charge is 2.34. The topological polar surface area (TPSA) is 29.5 Å². The Morgan fingerprint density at radius 2 is 2.00 bits per heavy atom. The van der Waals surface area contributed by atoms with Gasteiger partial charge in [0.15, 0.2) is 0 Å². The van der Waals surface area contributed by atoms with Gasteiger partial charge in [-0.25, -0.2) is 8.78 Å². The highest BCUT2D eigenvalue weighted by atomic mass is 19.3. The summed E-state index contributed by atoms with van der Waals surface area (Å²) in [7, 11) is 1.36. The number of methoxy groups -OCH3 is 1. The van der Waals surface area contributed by atoms with Gasteiger partial charge in [0.05, 0.1) is 12.7 Å². The van der Waals surface area contributed by atoms with Gasteiger partial charge in [-0.3, -0.25) is 0 Å². The van der Waals surface area contributed by atoms with E-state index in [-0.39, 0.29) is 17.2 Å². The summed E-state index contributed by atoms with van der Waals surface area (Å²) in [6.45, 7) is 3.33. The first kappa shape index (κ1) is 13.9. The van der Waals surface area contributed by atoms with E-state index < -0.39 is 19.0 Å². The number of hydrogen-bond acceptors (Lipinski definition) is 2. The highest BCUT2D eigenvalue weighted by molar-refractivity contribution is 5.41. The van der Waals surface area contributed by atoms with Crippen molar-refractivity contribution in [3.05, 3.63) is 29.3 Å². The summed E-state index contributed by atoms with van der Waals surface area (Å²) in [5, 5.41) is 8.68. The van der Waals surface area contributed by atoms with Gasteiger partial charge in [0.2, 0.25) is 0 Å². The van der Waals surface area contributed by atoms with Crippen LogP contribution in [0.4, 0.5) is 8.78 Å². The van der Waals surface area contributed by atoms with Crippen molar-refractivity contribution in [2.75, 3.05) is 13.7 Å². The minimum Gasteiger partial charge on any atom is -0.496 e. The van der Waals surface area contributed by atoms with Crippen LogP contribution in [0.5, 0.6) is 5.75 Å². The van der Waals surface area contributed by atoms with Crippen LogP contribution in [0.3, 0.4) is 0 Å². The summed E-state index contributed by atoms with van der Waals surface area (Å²) in [6, 6.07) is 4.79. The molecule has 2 nitrogen and oxygen atoms in total. The number of aliphatic hydroxyl groups is 1. The quantitative estimate of drug-likeness (QED) is 0.861. The fourth-order valence-electron chi connectivity index (χ4n) is 1.65. The molecule has 0 aliphatic carbocycles. The van der Waals surface area contributed by atoms with Gasteiger partial charge in [-0.1, -0.05) is 19.9 Å². The lowest BCUT2D eigenvalue weighted by molar-refractivity contribution is -0.0288. The summed E-state index contributed by atoms with van der Waals surface area (Å²) in [6.07, 6.45) is -0.592. The van der Waals surface area contributed by atoms with E-state index in [1.807, 2.05) is 13.8 Å². The molecule has 0 amide bonds. The molecule has 0 unspecified atom stereocenters. The third kappa shape index (κ3) is 3.16. The molecule has 4 heteroatoms. The number of hydrogen-bond donors (Lipinski definition) is 1. The minimum absolute atomic E-state index is 0.153. The molecule has 17 heavy (non-hydrogen) atoms. The second kappa shape index (κ2) is 5.45. The molecule has 1 aromatic carbocycles. The van der Waals surface area contributed by atoms with E-state index in [1.165, 1.54) is 13.2 Å². The van der Waals surface area contributed by atoms with Gasteiger partial charge in [0.25, 0.3) is 5.92 Å². The van der Waals surface area contributed by atoms with Gasteiger partial charge in [-0.05, 0) is 23.6 Å². The van der Waals surface area contributed by atoms with Gasteiger partial charge >= 0.3 is 0 Å². The molecule has 0 saturated carbocycles. The van der Waals surface area contributed by atoms with E-state index in [2.05, 4.69) is 0 Å². The summed E-state index contributed by atoms with van der Waals surface area (Å²) in [5.41, 5.74) is 0.679. The van der Waals surface area contributed by atoms with E-state index in [9.17, 15) is 8.78 Å². The Kier molecular flexibility index (Phi) is 4.46. The van der Waals surface area contributed by atoms with E-state index >= 15 is 0 Å². The van der Waals surface area contributed by atoms with Crippen molar-refractivity contribution in [3.63, 3.8) is 0 Å². The molecule has 96 valence electrons. The van der Waals surface area contributed by atoms with Crippen LogP contribution < -0.4 is 4.74 Å². The number of rotatable bonds is 5. The molecule has 1 aromatic rings. The molecule has 0 aliphatic rings. The molecular weight excluding hydrogens is 226 g/mol. The lowest BCUT2D eigenvalue weighted by atomic mass is 9.96. The SMILES string of the molecule is COc1ccc(C(C)C)cc1C(F)(F)CCO. The van der Waals surface area contributed by atoms with Gasteiger partial charge in [-0.15, -0.1) is 0 Å². The maximum atomic E-state index is 13.8. The largest absolute Gasteiger partial charge is 0.496 e. The number of halogens is 2. The maximum Gasteiger partial charge on any atom is 0.279 e. The van der Waals surface area contributed by atoms with E-state index in [4.69, 9.17) is 9.84 Å². The van der Waals surface area contributed by atoms with Crippen LogP contribution >= 0.6 is 0 Å². The predicted molar refractivity (Wildman–Crippen MR) is 62.7 cm³/mol. The van der Waals surface area contributed by atoms with Crippen LogP contribution in [0.15, 0.2) is 18.2 Å². The molecule has 0 radical (unpaired) electrons. The second-order valence-corrected chi connectivity index (χ2v) is 4.29. The van der Waals surface area contributed by atoms with Gasteiger partial charge in [0, 0.05) is 13.0 Å². The summed E-state index contributed by atoms with van der Waals surface area (Å²) in [5.74, 6) is -2.73. The number of alkyl halides is 2. The molecule has 0 aromatic heterocycles. The zero-order valence-electron chi connectivity index (χ0n) is 10.3. The molecule has 0 heterocycles. The van der Waals surface area contributed by atoms with Crippen molar-refractivity contribution >= 4 is 0 Å². The third-order valence-corrected chi connectivity index (χ3v) is 2.71. The fourth-order valence-corrected chi connectivity index (χ4v) is 1.65. The van der Waals surface area contributed by atoms with Crippen LogP contribution in [0.1, 0.15) is 37.3 Å². The predicted octanol–water partition coefficient (Wildman–Crippen LogP) is 3.29. The summed E-state index contributed by atoms with van der Waals surface area (Å²) >= 11 is 0. The van der Waals surface area contributed by atoms with E-state index in [0.717, 1.165) is 5.56 Å². The number of ether oxygens (including phenoxy) is 1. The lowest BCUT2D eigenvalue weighted by Crippen LogP contribution is -2.17. The average molecular weight is 244 g/mol. The first-order valence-electron chi connectivity index (χ1n) is 5.59. The first-order chi connectivity index (χ1) is 7.92. The number of benzene rings is 1. The monoisotopic (exact) mass is 244 g/mol. The first-order valence-corrected chi connectivity index (χ1v) is 5.59. The Bertz CT molecular complexity index is 376. The van der Waals surface area contributed by atoms with Crippen molar-refractivity contribution in [1.29, 1.82) is 0 Å². The standard InChI is InChI=1S/C13H18F2O2/c1-9(2)10-4-5-12(17-3)11(8-10)13(14,15)6-7-16/h4-5,8-9,16H,6-7H2,1-3H3. The van der Waals surface area contributed by atoms with Crippen LogP contribution in [0, 0.1) is 0 Å². The normalized spacial score (nSPS) is 11.9. The molecule has 0 aliphatic heterocycles. The number of aliphatic hydroxyl groups excluding tert-OH is 1. The van der Waals surface area contributed by atoms with Crippen LogP contribution in [-0.2, 0) is 5.92 Å². The van der Waals surface area contributed by atoms with Crippen LogP contribution in [-0.4, -0.2) is 18.8 Å². The third-order valence-electron chi connectivity index (χ3n) is 2.71. The zero-order valence-corrected chi connectivity index (χ0v) is 10.3. The Hall–Kier alpha value is -1.16. The van der Waals surface area contributed by atoms with Gasteiger partial charge in [-0.2, -0.15) is 0 Å². The Balaban J connectivity index is 3.22. The van der Waals surface area contributed by atoms with Crippen molar-refractivity contribution < 1.29 is 18.6 Å². The van der Waals surface area contributed by atoms with Gasteiger partial charge < -0.3 is 9.84 Å². The molecule has 1 N–H and O–H groups in total. The molecule has 0 atom stereocenters. The lowest BCUT2D eigenvalue weighted by Gasteiger charge is -2.20. The second-order valence-electron chi connectivity index (χ2n) is 4.29. The smallest absolute Gasteiger partial charge is 0.279 e. The van der Waals surface area contributed by atoms with Crippen molar-refractivity contribution in [2.24, 2.45) is 0 Å². The van der Waals surface area contributed by atoms with E-state index in [0.29, 0.717) is 0 Å².